The highest BCUT2D eigenvalue weighted by Crippen LogP contribution is 2.17. The van der Waals surface area contributed by atoms with Crippen LogP contribution in [-0.4, -0.2) is 37.2 Å². The Hall–Kier alpha value is -3.67. The Morgan fingerprint density at radius 3 is 0.797 bits per heavy atom. The summed E-state index contributed by atoms with van der Waals surface area (Å²) < 4.78 is 16.9. The van der Waals surface area contributed by atoms with Gasteiger partial charge in [-0.3, -0.25) is 14.4 Å². The van der Waals surface area contributed by atoms with Crippen molar-refractivity contribution in [3.05, 3.63) is 97.2 Å². The summed E-state index contributed by atoms with van der Waals surface area (Å²) in [5.74, 6) is -0.907. The Balaban J connectivity index is 4.20. The molecule has 0 saturated carbocycles. The molecule has 0 aliphatic heterocycles. The van der Waals surface area contributed by atoms with E-state index >= 15 is 0 Å². The smallest absolute Gasteiger partial charge is 0.306 e. The van der Waals surface area contributed by atoms with Crippen molar-refractivity contribution in [3.8, 4) is 0 Å². The molecule has 0 aliphatic rings. The van der Waals surface area contributed by atoms with E-state index in [1.165, 1.54) is 180 Å². The molecule has 0 fully saturated rings. The predicted molar refractivity (Wildman–Crippen MR) is 344 cm³/mol. The summed E-state index contributed by atoms with van der Waals surface area (Å²) in [6, 6.07) is 0. The van der Waals surface area contributed by atoms with Crippen LogP contribution < -0.4 is 0 Å². The first kappa shape index (κ1) is 75.3. The van der Waals surface area contributed by atoms with Gasteiger partial charge >= 0.3 is 17.9 Å². The van der Waals surface area contributed by atoms with Crippen molar-refractivity contribution in [1.29, 1.82) is 0 Å². The second kappa shape index (κ2) is 66.8. The summed E-state index contributed by atoms with van der Waals surface area (Å²) in [6.45, 7) is 6.41. The molecule has 454 valence electrons. The minimum atomic E-state index is -0.791. The molecule has 0 aromatic carbocycles. The third kappa shape index (κ3) is 65.0. The average Bonchev–Trinajstić information content (AvgIpc) is 3.45. The maximum Gasteiger partial charge on any atom is 0.306 e. The summed E-state index contributed by atoms with van der Waals surface area (Å²) >= 11 is 0. The minimum Gasteiger partial charge on any atom is -0.462 e. The fourth-order valence-corrected chi connectivity index (χ4v) is 9.56. The first-order valence-corrected chi connectivity index (χ1v) is 33.7. The molecule has 0 aromatic rings. The molecule has 0 aromatic heterocycles. The topological polar surface area (TPSA) is 78.9 Å². The van der Waals surface area contributed by atoms with Crippen molar-refractivity contribution >= 4 is 17.9 Å². The Bertz CT molecular complexity index is 1540. The average molecular weight is 1100 g/mol. The van der Waals surface area contributed by atoms with E-state index in [9.17, 15) is 14.4 Å². The van der Waals surface area contributed by atoms with E-state index in [1.807, 2.05) is 0 Å². The molecule has 0 spiro atoms. The van der Waals surface area contributed by atoms with E-state index in [4.69, 9.17) is 14.2 Å². The fourth-order valence-electron chi connectivity index (χ4n) is 9.56. The number of esters is 3. The van der Waals surface area contributed by atoms with Crippen molar-refractivity contribution in [3.63, 3.8) is 0 Å². The molecule has 0 saturated heterocycles. The van der Waals surface area contributed by atoms with Gasteiger partial charge in [0.2, 0.25) is 0 Å². The minimum absolute atomic E-state index is 0.0856. The quantitative estimate of drug-likeness (QED) is 0.0261. The lowest BCUT2D eigenvalue weighted by molar-refractivity contribution is -0.167. The molecular formula is C73H126O6. The highest BCUT2D eigenvalue weighted by Gasteiger charge is 2.19. The first-order chi connectivity index (χ1) is 39.0. The normalized spacial score (nSPS) is 12.7. The molecule has 79 heavy (non-hydrogen) atoms. The van der Waals surface area contributed by atoms with Crippen molar-refractivity contribution < 1.29 is 28.6 Å². The first-order valence-electron chi connectivity index (χ1n) is 33.7. The number of carbonyl (C=O) groups is 3. The van der Waals surface area contributed by atoms with Crippen molar-refractivity contribution in [1.82, 2.24) is 0 Å². The number of hydrogen-bond donors (Lipinski definition) is 0. The largest absolute Gasteiger partial charge is 0.462 e. The molecule has 6 heteroatoms. The monoisotopic (exact) mass is 1100 g/mol. The molecule has 6 nitrogen and oxygen atoms in total. The predicted octanol–water partition coefficient (Wildman–Crippen LogP) is 23.2. The summed E-state index contributed by atoms with van der Waals surface area (Å²) in [6.07, 6.45) is 90.1. The Kier molecular flexibility index (Phi) is 63.7. The molecule has 0 bridgehead atoms. The van der Waals surface area contributed by atoms with Gasteiger partial charge in [0, 0.05) is 19.3 Å². The van der Waals surface area contributed by atoms with Crippen LogP contribution in [0.4, 0.5) is 0 Å². The summed E-state index contributed by atoms with van der Waals surface area (Å²) in [5, 5.41) is 0. The van der Waals surface area contributed by atoms with Gasteiger partial charge in [-0.1, -0.05) is 291 Å². The van der Waals surface area contributed by atoms with E-state index in [2.05, 4.69) is 118 Å². The molecule has 0 rings (SSSR count). The zero-order chi connectivity index (χ0) is 57.1. The second-order valence-corrected chi connectivity index (χ2v) is 22.3. The van der Waals surface area contributed by atoms with Gasteiger partial charge in [0.05, 0.1) is 0 Å². The fraction of sp³-hybridized carbons (Fsp3) is 0.740. The van der Waals surface area contributed by atoms with Crippen LogP contribution in [0.1, 0.15) is 329 Å². The number of unbranched alkanes of at least 4 members (excludes halogenated alkanes) is 34. The lowest BCUT2D eigenvalue weighted by Crippen LogP contribution is -2.30. The van der Waals surface area contributed by atoms with Crippen molar-refractivity contribution in [2.24, 2.45) is 0 Å². The summed E-state index contributed by atoms with van der Waals surface area (Å²) in [5.41, 5.74) is 0. The van der Waals surface area contributed by atoms with Crippen LogP contribution in [0.15, 0.2) is 97.2 Å². The van der Waals surface area contributed by atoms with Crippen LogP contribution in [0.25, 0.3) is 0 Å². The maximum absolute atomic E-state index is 12.9. The lowest BCUT2D eigenvalue weighted by atomic mass is 10.0. The lowest BCUT2D eigenvalue weighted by Gasteiger charge is -2.18. The third-order valence-corrected chi connectivity index (χ3v) is 14.6. The zero-order valence-electron chi connectivity index (χ0n) is 52.1. The van der Waals surface area contributed by atoms with E-state index in [0.29, 0.717) is 19.3 Å². The van der Waals surface area contributed by atoms with E-state index in [0.717, 1.165) is 109 Å². The number of allylic oxidation sites excluding steroid dienone is 16. The molecular weight excluding hydrogens is 973 g/mol. The number of carbonyl (C=O) groups excluding carboxylic acids is 3. The molecule has 0 N–H and O–H groups in total. The van der Waals surface area contributed by atoms with Gasteiger partial charge in [-0.2, -0.15) is 0 Å². The number of ether oxygens (including phenoxy) is 3. The second-order valence-electron chi connectivity index (χ2n) is 22.3. The van der Waals surface area contributed by atoms with Gasteiger partial charge in [0.15, 0.2) is 6.10 Å². The van der Waals surface area contributed by atoms with Crippen LogP contribution in [0.5, 0.6) is 0 Å². The molecule has 0 amide bonds. The van der Waals surface area contributed by atoms with Crippen LogP contribution in [0, 0.1) is 0 Å². The molecule has 0 aliphatic carbocycles. The highest BCUT2D eigenvalue weighted by atomic mass is 16.6. The number of rotatable bonds is 61. The standard InChI is InChI=1S/C73H126O6/c1-4-7-10-13-16-19-22-25-27-29-30-31-32-33-34-35-36-37-38-39-40-41-42-44-45-48-51-54-57-60-63-66-72(75)78-69-70(68-77-71(74)65-62-59-56-53-50-47-24-21-18-15-12-9-6-3)79-73(76)67-64-61-58-55-52-49-46-43-28-26-23-20-17-14-11-8-5-2/h7,9-10,12,16,18-19,21,25-28,30-31,47,50,70H,4-6,8,11,13-15,17,20,22-24,29,32-46,48-49,51-69H2,1-3H3/b10-7-,12-9-,19-16-,21-18-,27-25-,28-26-,31-30-,50-47-. The summed E-state index contributed by atoms with van der Waals surface area (Å²) in [4.78, 5) is 38.3. The number of hydrogen-bond acceptors (Lipinski definition) is 6. The van der Waals surface area contributed by atoms with Crippen LogP contribution in [0.2, 0.25) is 0 Å². The highest BCUT2D eigenvalue weighted by molar-refractivity contribution is 5.71. The van der Waals surface area contributed by atoms with E-state index in [1.54, 1.807) is 0 Å². The van der Waals surface area contributed by atoms with Gasteiger partial charge < -0.3 is 14.2 Å². The van der Waals surface area contributed by atoms with Crippen molar-refractivity contribution in [2.75, 3.05) is 13.2 Å². The van der Waals surface area contributed by atoms with Gasteiger partial charge in [-0.25, -0.2) is 0 Å². The van der Waals surface area contributed by atoms with E-state index < -0.39 is 6.10 Å². The SMILES string of the molecule is CC/C=C\C/C=C\C/C=C\C/C=C\CCCCCCCCCCCCCCCCCCCCC(=O)OCC(COC(=O)CCCCC/C=C\C/C=C\C/C=C\CC)OC(=O)CCCCCCCCC/C=C\CCCCCCCC. The maximum atomic E-state index is 12.9. The Morgan fingerprint density at radius 1 is 0.266 bits per heavy atom. The van der Waals surface area contributed by atoms with E-state index in [-0.39, 0.29) is 31.1 Å². The zero-order valence-corrected chi connectivity index (χ0v) is 52.1. The van der Waals surface area contributed by atoms with Crippen LogP contribution in [0.3, 0.4) is 0 Å². The van der Waals surface area contributed by atoms with Crippen molar-refractivity contribution in [2.45, 2.75) is 335 Å². The molecule has 1 atom stereocenters. The third-order valence-electron chi connectivity index (χ3n) is 14.6. The van der Waals surface area contributed by atoms with Gasteiger partial charge in [0.1, 0.15) is 13.2 Å². The van der Waals surface area contributed by atoms with Gasteiger partial charge in [-0.05, 0) is 116 Å². The molecule has 1 unspecified atom stereocenters. The summed E-state index contributed by atoms with van der Waals surface area (Å²) in [7, 11) is 0. The Morgan fingerprint density at radius 2 is 0.494 bits per heavy atom. The van der Waals surface area contributed by atoms with Crippen LogP contribution in [-0.2, 0) is 28.6 Å². The van der Waals surface area contributed by atoms with Gasteiger partial charge in [0.25, 0.3) is 0 Å². The molecule has 0 heterocycles. The van der Waals surface area contributed by atoms with Gasteiger partial charge in [-0.15, -0.1) is 0 Å². The Labute approximate surface area is 489 Å². The molecule has 0 radical (unpaired) electrons. The van der Waals surface area contributed by atoms with Crippen LogP contribution >= 0.6 is 0 Å².